The number of alkyl halides is 3. The maximum atomic E-state index is 12.4. The largest absolute Gasteiger partial charge is 0.573 e. The summed E-state index contributed by atoms with van der Waals surface area (Å²) < 4.78 is 43.6. The molecule has 33 heavy (non-hydrogen) atoms. The number of nitrogens with one attached hydrogen (secondary N) is 1. The van der Waals surface area contributed by atoms with Gasteiger partial charge in [0.15, 0.2) is 10.9 Å². The first-order valence-electron chi connectivity index (χ1n) is 9.74. The summed E-state index contributed by atoms with van der Waals surface area (Å²) >= 11 is 1.15. The molecule has 0 aliphatic carbocycles. The molecule has 4 aromatic rings. The number of carbonyl (C=O) groups excluding carboxylic acids is 1. The highest BCUT2D eigenvalue weighted by Gasteiger charge is 2.31. The molecule has 0 amide bonds. The number of halogens is 3. The molecular weight excluding hydrogens is 461 g/mol. The Morgan fingerprint density at radius 2 is 1.91 bits per heavy atom. The molecule has 0 unspecified atom stereocenters. The Bertz CT molecular complexity index is 1360. The van der Waals surface area contributed by atoms with E-state index in [1.165, 1.54) is 18.2 Å². The topological polar surface area (TPSA) is 106 Å². The van der Waals surface area contributed by atoms with Crippen LogP contribution in [0, 0.1) is 0 Å². The molecule has 0 aliphatic heterocycles. The maximum absolute atomic E-state index is 12.4. The number of aliphatic carboxylic acids is 1. The number of hydrogen-bond acceptors (Lipinski definition) is 7. The third kappa shape index (κ3) is 5.22. The molecule has 2 aromatic heterocycles. The zero-order valence-corrected chi connectivity index (χ0v) is 18.0. The number of thiazole rings is 1. The fourth-order valence-corrected chi connectivity index (χ4v) is 4.17. The molecule has 4 rings (SSSR count). The highest BCUT2D eigenvalue weighted by molar-refractivity contribution is 7.22. The summed E-state index contributed by atoms with van der Waals surface area (Å²) in [6.45, 7) is 0. The summed E-state index contributed by atoms with van der Waals surface area (Å²) in [4.78, 5) is 31.8. The highest BCUT2D eigenvalue weighted by Crippen LogP contribution is 2.33. The number of Topliss-reactive ketones (excluding diaryl/α,β-unsaturated/α-hetero) is 1. The molecule has 2 N–H and O–H groups in total. The highest BCUT2D eigenvalue weighted by atomic mass is 32.1. The van der Waals surface area contributed by atoms with Crippen molar-refractivity contribution in [2.45, 2.75) is 25.6 Å². The van der Waals surface area contributed by atoms with E-state index in [4.69, 9.17) is 5.11 Å². The van der Waals surface area contributed by atoms with Crippen LogP contribution in [0.3, 0.4) is 0 Å². The number of carbonyl (C=O) groups is 2. The van der Waals surface area contributed by atoms with Gasteiger partial charge in [0.2, 0.25) is 5.95 Å². The summed E-state index contributed by atoms with van der Waals surface area (Å²) in [7, 11) is 1.77. The molecule has 0 spiro atoms. The predicted molar refractivity (Wildman–Crippen MR) is 116 cm³/mol. The summed E-state index contributed by atoms with van der Waals surface area (Å²) in [5.74, 6) is -1.00. The molecule has 0 saturated heterocycles. The lowest BCUT2D eigenvalue weighted by atomic mass is 10.0. The van der Waals surface area contributed by atoms with Crippen LogP contribution in [0.2, 0.25) is 0 Å². The number of imidazole rings is 1. The monoisotopic (exact) mass is 478 g/mol. The van der Waals surface area contributed by atoms with Gasteiger partial charge >= 0.3 is 12.3 Å². The van der Waals surface area contributed by atoms with E-state index >= 15 is 0 Å². The van der Waals surface area contributed by atoms with E-state index in [0.29, 0.717) is 32.4 Å². The van der Waals surface area contributed by atoms with Crippen LogP contribution in [0.1, 0.15) is 29.6 Å². The molecular formula is C21H17F3N4O4S. The minimum atomic E-state index is -4.77. The Morgan fingerprint density at radius 1 is 1.12 bits per heavy atom. The standard InChI is InChI=1S/C21H17F3N4O4S/c1-28-15-8-5-11(16(29)3-2-4-18(30)31)9-14(15)25-19(28)27-20-26-13-7-6-12(10-17(13)33-20)32-21(22,23)24/h5-10H,2-4H2,1H3,(H,30,31)(H,25,26,27). The zero-order chi connectivity index (χ0) is 23.8. The van der Waals surface area contributed by atoms with E-state index in [9.17, 15) is 22.8 Å². The van der Waals surface area contributed by atoms with Crippen molar-refractivity contribution < 1.29 is 32.6 Å². The van der Waals surface area contributed by atoms with Crippen LogP contribution >= 0.6 is 11.3 Å². The fourth-order valence-electron chi connectivity index (χ4n) is 3.28. The Hall–Kier alpha value is -3.67. The van der Waals surface area contributed by atoms with Crippen LogP contribution in [0.5, 0.6) is 5.75 Å². The van der Waals surface area contributed by atoms with Gasteiger partial charge in [0.1, 0.15) is 5.75 Å². The van der Waals surface area contributed by atoms with Gasteiger partial charge in [0.05, 0.1) is 21.3 Å². The van der Waals surface area contributed by atoms with E-state index in [0.717, 1.165) is 16.9 Å². The summed E-state index contributed by atoms with van der Waals surface area (Å²) in [5.41, 5.74) is 2.26. The number of carboxylic acid groups (broad SMARTS) is 1. The molecule has 172 valence electrons. The molecule has 8 nitrogen and oxygen atoms in total. The van der Waals surface area contributed by atoms with Crippen molar-refractivity contribution in [3.8, 4) is 5.75 Å². The molecule has 2 heterocycles. The number of rotatable bonds is 8. The first-order valence-corrected chi connectivity index (χ1v) is 10.6. The first-order chi connectivity index (χ1) is 15.6. The van der Waals surface area contributed by atoms with Gasteiger partial charge in [-0.1, -0.05) is 11.3 Å². The normalized spacial score (nSPS) is 11.8. The third-order valence-electron chi connectivity index (χ3n) is 4.81. The molecule has 0 atom stereocenters. The van der Waals surface area contributed by atoms with Crippen LogP contribution in [-0.4, -0.2) is 37.8 Å². The number of anilines is 2. The van der Waals surface area contributed by atoms with Crippen molar-refractivity contribution in [2.24, 2.45) is 7.05 Å². The number of ether oxygens (including phenoxy) is 1. The lowest BCUT2D eigenvalue weighted by Gasteiger charge is -2.07. The van der Waals surface area contributed by atoms with Gasteiger partial charge in [-0.15, -0.1) is 13.2 Å². The van der Waals surface area contributed by atoms with Crippen LogP contribution in [0.25, 0.3) is 21.3 Å². The molecule has 12 heteroatoms. The second-order valence-corrected chi connectivity index (χ2v) is 8.22. The Balaban J connectivity index is 1.54. The van der Waals surface area contributed by atoms with E-state index in [1.54, 1.807) is 29.8 Å². The van der Waals surface area contributed by atoms with E-state index < -0.39 is 12.3 Å². The average Bonchev–Trinajstić information content (AvgIpc) is 3.26. The van der Waals surface area contributed by atoms with Gasteiger partial charge in [-0.25, -0.2) is 9.97 Å². The van der Waals surface area contributed by atoms with E-state index in [2.05, 4.69) is 20.0 Å². The second kappa shape index (κ2) is 8.70. The Kier molecular flexibility index (Phi) is 5.93. The summed E-state index contributed by atoms with van der Waals surface area (Å²) in [5, 5.41) is 12.2. The van der Waals surface area contributed by atoms with Crippen molar-refractivity contribution in [1.29, 1.82) is 0 Å². The Labute approximate surface area is 188 Å². The maximum Gasteiger partial charge on any atom is 0.573 e. The van der Waals surface area contributed by atoms with Gasteiger partial charge in [-0.05, 0) is 36.8 Å². The quantitative estimate of drug-likeness (QED) is 0.333. The first kappa shape index (κ1) is 22.5. The third-order valence-corrected chi connectivity index (χ3v) is 5.74. The van der Waals surface area contributed by atoms with Crippen LogP contribution in [-0.2, 0) is 11.8 Å². The number of carboxylic acids is 1. The SMILES string of the molecule is Cn1c(Nc2nc3ccc(OC(F)(F)F)cc3s2)nc2cc(C(=O)CCCC(=O)O)ccc21. The van der Waals surface area contributed by atoms with Gasteiger partial charge in [-0.3, -0.25) is 9.59 Å². The minimum Gasteiger partial charge on any atom is -0.481 e. The number of hydrogen-bond donors (Lipinski definition) is 2. The van der Waals surface area contributed by atoms with Crippen molar-refractivity contribution in [3.63, 3.8) is 0 Å². The fraction of sp³-hybridized carbons (Fsp3) is 0.238. The summed E-state index contributed by atoms with van der Waals surface area (Å²) in [6.07, 6.45) is -4.46. The van der Waals surface area contributed by atoms with E-state index in [-0.39, 0.29) is 30.8 Å². The average molecular weight is 478 g/mol. The smallest absolute Gasteiger partial charge is 0.481 e. The molecule has 0 aliphatic rings. The molecule has 2 aromatic carbocycles. The van der Waals surface area contributed by atoms with E-state index in [1.807, 2.05) is 0 Å². The Morgan fingerprint density at radius 3 is 2.64 bits per heavy atom. The number of aromatic nitrogens is 3. The predicted octanol–water partition coefficient (Wildman–Crippen LogP) is 5.26. The second-order valence-electron chi connectivity index (χ2n) is 7.19. The number of aryl methyl sites for hydroxylation is 1. The van der Waals surface area contributed by atoms with Crippen molar-refractivity contribution >= 4 is 55.4 Å². The lowest BCUT2D eigenvalue weighted by Crippen LogP contribution is -2.16. The van der Waals surface area contributed by atoms with Gasteiger partial charge < -0.3 is 19.7 Å². The molecule has 0 saturated carbocycles. The zero-order valence-electron chi connectivity index (χ0n) is 17.1. The van der Waals surface area contributed by atoms with Crippen LogP contribution in [0.15, 0.2) is 36.4 Å². The number of nitrogens with zero attached hydrogens (tertiary/aromatic N) is 3. The van der Waals surface area contributed by atoms with Gasteiger partial charge in [-0.2, -0.15) is 0 Å². The van der Waals surface area contributed by atoms with Crippen molar-refractivity contribution in [3.05, 3.63) is 42.0 Å². The van der Waals surface area contributed by atoms with Crippen molar-refractivity contribution in [2.75, 3.05) is 5.32 Å². The van der Waals surface area contributed by atoms with Crippen LogP contribution < -0.4 is 10.1 Å². The molecule has 0 fully saturated rings. The lowest BCUT2D eigenvalue weighted by molar-refractivity contribution is -0.274. The minimum absolute atomic E-state index is 0.0718. The molecule has 0 bridgehead atoms. The summed E-state index contributed by atoms with van der Waals surface area (Å²) in [6, 6.07) is 8.96. The number of ketones is 1. The van der Waals surface area contributed by atoms with Crippen LogP contribution in [0.4, 0.5) is 24.3 Å². The van der Waals surface area contributed by atoms with Crippen molar-refractivity contribution in [1.82, 2.24) is 14.5 Å². The van der Waals surface area contributed by atoms with Gasteiger partial charge in [0.25, 0.3) is 0 Å². The van der Waals surface area contributed by atoms with Gasteiger partial charge in [0, 0.05) is 31.5 Å². The number of benzene rings is 2. The number of fused-ring (bicyclic) bond motifs is 2. The molecule has 0 radical (unpaired) electrons.